The highest BCUT2D eigenvalue weighted by atomic mass is 32.2. The highest BCUT2D eigenvalue weighted by Gasteiger charge is 2.41. The second kappa shape index (κ2) is 7.95. The van der Waals surface area contributed by atoms with E-state index in [0.717, 1.165) is 10.1 Å². The molecule has 0 saturated carbocycles. The molecule has 2 aromatic carbocycles. The Morgan fingerprint density at radius 3 is 2.22 bits per heavy atom. The Morgan fingerprint density at radius 1 is 1.11 bits per heavy atom. The number of nitrogens with one attached hydrogen (secondary N) is 1. The zero-order valence-electron chi connectivity index (χ0n) is 14.7. The summed E-state index contributed by atoms with van der Waals surface area (Å²) in [5.41, 5.74) is 2.24. The first-order chi connectivity index (χ1) is 12.9. The number of ether oxygens (including phenoxy) is 2. The minimum atomic E-state index is -3.54. The Bertz CT molecular complexity index is 896. The summed E-state index contributed by atoms with van der Waals surface area (Å²) in [7, 11) is -1.95. The van der Waals surface area contributed by atoms with Crippen LogP contribution in [0.2, 0.25) is 0 Å². The topological polar surface area (TPSA) is 105 Å². The molecule has 0 unspecified atom stereocenters. The Balaban J connectivity index is 1.70. The van der Waals surface area contributed by atoms with Gasteiger partial charge < -0.3 is 9.47 Å². The third-order valence-corrected chi connectivity index (χ3v) is 6.17. The smallest absolute Gasteiger partial charge is 0.261 e. The largest absolute Gasteiger partial charge is 0.497 e. The molecule has 1 aliphatic rings. The Labute approximate surface area is 157 Å². The zero-order chi connectivity index (χ0) is 19.4. The number of carbonyl (C=O) groups excluding carboxylic acids is 1. The van der Waals surface area contributed by atoms with Crippen molar-refractivity contribution in [2.45, 2.75) is 19.0 Å². The van der Waals surface area contributed by atoms with Gasteiger partial charge in [0.15, 0.2) is 0 Å². The van der Waals surface area contributed by atoms with Crippen LogP contribution in [0.25, 0.3) is 0 Å². The normalized spacial score (nSPS) is 18.8. The molecule has 3 rings (SSSR count). The van der Waals surface area contributed by atoms with Crippen molar-refractivity contribution in [2.24, 2.45) is 0 Å². The molecule has 144 valence electrons. The average Bonchev–Trinajstić information content (AvgIpc) is 2.98. The van der Waals surface area contributed by atoms with Gasteiger partial charge in [0.05, 0.1) is 12.9 Å². The summed E-state index contributed by atoms with van der Waals surface area (Å²) >= 11 is 0. The molecule has 1 heterocycles. The number of nitrogens with zero attached hydrogens (tertiary/aromatic N) is 1. The molecule has 1 aliphatic heterocycles. The molecular formula is C18H20N2O6S. The summed E-state index contributed by atoms with van der Waals surface area (Å²) in [6.45, 7) is 0.0449. The summed E-state index contributed by atoms with van der Waals surface area (Å²) in [6, 6.07) is 13.1. The van der Waals surface area contributed by atoms with E-state index in [1.807, 2.05) is 0 Å². The van der Waals surface area contributed by atoms with E-state index in [4.69, 9.17) is 14.7 Å². The number of carbonyl (C=O) groups is 1. The minimum Gasteiger partial charge on any atom is -0.497 e. The lowest BCUT2D eigenvalue weighted by atomic mass is 10.1. The first-order valence-corrected chi connectivity index (χ1v) is 9.88. The van der Waals surface area contributed by atoms with Crippen molar-refractivity contribution < 1.29 is 27.9 Å². The van der Waals surface area contributed by atoms with Gasteiger partial charge >= 0.3 is 0 Å². The lowest BCUT2D eigenvalue weighted by Gasteiger charge is -2.21. The first kappa shape index (κ1) is 19.2. The Morgan fingerprint density at radius 2 is 1.67 bits per heavy atom. The highest BCUT2D eigenvalue weighted by Crippen LogP contribution is 2.27. The van der Waals surface area contributed by atoms with Crippen LogP contribution in [0, 0.1) is 0 Å². The van der Waals surface area contributed by atoms with Crippen LogP contribution in [0.3, 0.4) is 0 Å². The number of methoxy groups -OCH3 is 1. The summed E-state index contributed by atoms with van der Waals surface area (Å²) < 4.78 is 36.3. The predicted molar refractivity (Wildman–Crippen MR) is 97.2 cm³/mol. The molecule has 0 bridgehead atoms. The molecule has 0 spiro atoms. The van der Waals surface area contributed by atoms with Crippen molar-refractivity contribution in [3.05, 3.63) is 54.1 Å². The monoisotopic (exact) mass is 392 g/mol. The Kier molecular flexibility index (Phi) is 5.64. The van der Waals surface area contributed by atoms with Crippen LogP contribution in [-0.4, -0.2) is 42.7 Å². The van der Waals surface area contributed by atoms with Gasteiger partial charge in [0, 0.05) is 6.54 Å². The fraction of sp³-hybridized carbons (Fsp3) is 0.278. The summed E-state index contributed by atoms with van der Waals surface area (Å²) in [4.78, 5) is 11.7. The van der Waals surface area contributed by atoms with E-state index in [1.165, 1.54) is 5.48 Å². The molecule has 1 saturated heterocycles. The zero-order valence-corrected chi connectivity index (χ0v) is 15.5. The number of benzene rings is 2. The van der Waals surface area contributed by atoms with E-state index < -0.39 is 22.0 Å². The molecule has 0 aromatic heterocycles. The summed E-state index contributed by atoms with van der Waals surface area (Å²) in [5, 5.41) is 8.81. The van der Waals surface area contributed by atoms with Gasteiger partial charge in [0.25, 0.3) is 5.91 Å². The molecule has 2 aromatic rings. The van der Waals surface area contributed by atoms with Crippen LogP contribution in [0.4, 0.5) is 0 Å². The lowest BCUT2D eigenvalue weighted by molar-refractivity contribution is -0.133. The van der Waals surface area contributed by atoms with Crippen LogP contribution >= 0.6 is 0 Å². The van der Waals surface area contributed by atoms with Gasteiger partial charge in [-0.05, 0) is 48.4 Å². The van der Waals surface area contributed by atoms with Crippen molar-refractivity contribution >= 4 is 15.9 Å². The molecule has 8 nitrogen and oxygen atoms in total. The van der Waals surface area contributed by atoms with E-state index in [-0.39, 0.29) is 18.7 Å². The quantitative estimate of drug-likeness (QED) is 0.575. The van der Waals surface area contributed by atoms with Crippen molar-refractivity contribution in [3.63, 3.8) is 0 Å². The maximum Gasteiger partial charge on any atom is 0.261 e. The van der Waals surface area contributed by atoms with Crippen molar-refractivity contribution in [3.8, 4) is 17.2 Å². The SMILES string of the molecule is COc1ccc(Oc2ccc(CN3[C@@H](C(=O)NO)CCS3(=O)=O)cc2)cc1. The number of hydrogen-bond donors (Lipinski definition) is 2. The van der Waals surface area contributed by atoms with Gasteiger partial charge in [0.1, 0.15) is 23.3 Å². The van der Waals surface area contributed by atoms with Crippen LogP contribution in [0.15, 0.2) is 48.5 Å². The van der Waals surface area contributed by atoms with Gasteiger partial charge in [-0.1, -0.05) is 12.1 Å². The molecular weight excluding hydrogens is 372 g/mol. The Hall–Kier alpha value is -2.62. The molecule has 27 heavy (non-hydrogen) atoms. The number of sulfonamides is 1. The van der Waals surface area contributed by atoms with Crippen LogP contribution in [0.1, 0.15) is 12.0 Å². The number of hydrogen-bond acceptors (Lipinski definition) is 6. The fourth-order valence-corrected chi connectivity index (χ4v) is 4.57. The van der Waals surface area contributed by atoms with E-state index in [2.05, 4.69) is 0 Å². The van der Waals surface area contributed by atoms with E-state index in [9.17, 15) is 13.2 Å². The molecule has 0 aliphatic carbocycles. The fourth-order valence-electron chi connectivity index (χ4n) is 2.88. The number of hydroxylamine groups is 1. The van der Waals surface area contributed by atoms with Gasteiger partial charge in [-0.25, -0.2) is 13.9 Å². The first-order valence-electron chi connectivity index (χ1n) is 8.27. The third kappa shape index (κ3) is 4.38. The summed E-state index contributed by atoms with van der Waals surface area (Å²) in [5.74, 6) is 1.12. The number of rotatable bonds is 6. The van der Waals surface area contributed by atoms with Crippen LogP contribution < -0.4 is 15.0 Å². The van der Waals surface area contributed by atoms with E-state index >= 15 is 0 Å². The highest BCUT2D eigenvalue weighted by molar-refractivity contribution is 7.89. The lowest BCUT2D eigenvalue weighted by Crippen LogP contribution is -2.43. The van der Waals surface area contributed by atoms with Gasteiger partial charge in [-0.2, -0.15) is 4.31 Å². The van der Waals surface area contributed by atoms with Crippen LogP contribution in [0.5, 0.6) is 17.2 Å². The predicted octanol–water partition coefficient (Wildman–Crippen LogP) is 1.90. The molecule has 1 amide bonds. The average molecular weight is 392 g/mol. The number of amides is 1. The third-order valence-electron chi connectivity index (χ3n) is 4.32. The maximum atomic E-state index is 12.2. The molecule has 1 fully saturated rings. The molecule has 1 atom stereocenters. The second-order valence-electron chi connectivity index (χ2n) is 6.06. The van der Waals surface area contributed by atoms with Gasteiger partial charge in [0.2, 0.25) is 10.0 Å². The summed E-state index contributed by atoms with van der Waals surface area (Å²) in [6.07, 6.45) is 0.146. The van der Waals surface area contributed by atoms with E-state index in [0.29, 0.717) is 17.1 Å². The maximum absolute atomic E-state index is 12.2. The standard InChI is InChI=1S/C18H20N2O6S/c1-25-14-6-8-16(9-7-14)26-15-4-2-13(3-5-15)12-20-17(18(21)19-22)10-11-27(20,23)24/h2-9,17,22H,10-12H2,1H3,(H,19,21)/t17-/m1/s1. The van der Waals surface area contributed by atoms with Crippen molar-refractivity contribution in [1.29, 1.82) is 0 Å². The van der Waals surface area contributed by atoms with Crippen molar-refractivity contribution in [1.82, 2.24) is 9.79 Å². The molecule has 0 radical (unpaired) electrons. The van der Waals surface area contributed by atoms with Crippen molar-refractivity contribution in [2.75, 3.05) is 12.9 Å². The van der Waals surface area contributed by atoms with Gasteiger partial charge in [-0.15, -0.1) is 0 Å². The van der Waals surface area contributed by atoms with Crippen LogP contribution in [-0.2, 0) is 21.4 Å². The molecule has 9 heteroatoms. The minimum absolute atomic E-state index is 0.0449. The van der Waals surface area contributed by atoms with E-state index in [1.54, 1.807) is 55.6 Å². The second-order valence-corrected chi connectivity index (χ2v) is 8.10. The molecule has 2 N–H and O–H groups in total. The van der Waals surface area contributed by atoms with Gasteiger partial charge in [-0.3, -0.25) is 10.0 Å².